The standard InChI is InChI=1S/C20H19NO5/c1-13-11-17(23)19(20(25)21(13)2)16(22)9-7-14-5-4-6-15(12-14)8-10-18(24)26-3/h4-12,23H,1-3H3. The maximum atomic E-state index is 12.3. The van der Waals surface area contributed by atoms with E-state index in [4.69, 9.17) is 0 Å². The van der Waals surface area contributed by atoms with E-state index in [9.17, 15) is 19.5 Å². The zero-order chi connectivity index (χ0) is 19.3. The van der Waals surface area contributed by atoms with Crippen LogP contribution >= 0.6 is 0 Å². The van der Waals surface area contributed by atoms with Gasteiger partial charge in [0.05, 0.1) is 7.11 Å². The zero-order valence-electron chi connectivity index (χ0n) is 14.7. The highest BCUT2D eigenvalue weighted by Crippen LogP contribution is 2.16. The normalized spacial score (nSPS) is 11.2. The van der Waals surface area contributed by atoms with Crippen molar-refractivity contribution in [2.45, 2.75) is 6.92 Å². The fraction of sp³-hybridized carbons (Fsp3) is 0.150. The van der Waals surface area contributed by atoms with Crippen molar-refractivity contribution in [1.82, 2.24) is 4.57 Å². The molecule has 1 heterocycles. The summed E-state index contributed by atoms with van der Waals surface area (Å²) in [4.78, 5) is 35.7. The predicted octanol–water partition coefficient (Wildman–Crippen LogP) is 2.48. The Kier molecular flexibility index (Phi) is 5.90. The number of nitrogens with zero attached hydrogens (tertiary/aromatic N) is 1. The molecule has 1 aromatic carbocycles. The Morgan fingerprint density at radius 2 is 1.73 bits per heavy atom. The fourth-order valence-corrected chi connectivity index (χ4v) is 2.29. The number of rotatable bonds is 5. The number of esters is 1. The number of carbonyl (C=O) groups is 2. The van der Waals surface area contributed by atoms with Gasteiger partial charge in [0.1, 0.15) is 11.3 Å². The summed E-state index contributed by atoms with van der Waals surface area (Å²) in [6.07, 6.45) is 5.65. The van der Waals surface area contributed by atoms with Crippen LogP contribution in [0.1, 0.15) is 27.2 Å². The molecule has 0 aliphatic rings. The first-order valence-electron chi connectivity index (χ1n) is 7.81. The van der Waals surface area contributed by atoms with Gasteiger partial charge in [-0.05, 0) is 36.3 Å². The van der Waals surface area contributed by atoms with Crippen molar-refractivity contribution in [3.63, 3.8) is 0 Å². The maximum absolute atomic E-state index is 12.3. The smallest absolute Gasteiger partial charge is 0.330 e. The average Bonchev–Trinajstić information content (AvgIpc) is 2.63. The molecule has 0 radical (unpaired) electrons. The van der Waals surface area contributed by atoms with Crippen LogP contribution in [0.5, 0.6) is 5.75 Å². The second-order valence-electron chi connectivity index (χ2n) is 5.63. The number of pyridine rings is 1. The van der Waals surface area contributed by atoms with Crippen LogP contribution in [0.2, 0.25) is 0 Å². The van der Waals surface area contributed by atoms with Crippen LogP contribution < -0.4 is 5.56 Å². The fourth-order valence-electron chi connectivity index (χ4n) is 2.29. The monoisotopic (exact) mass is 353 g/mol. The van der Waals surface area contributed by atoms with Gasteiger partial charge in [0.2, 0.25) is 0 Å². The number of benzene rings is 1. The zero-order valence-corrected chi connectivity index (χ0v) is 14.7. The van der Waals surface area contributed by atoms with E-state index >= 15 is 0 Å². The van der Waals surface area contributed by atoms with Gasteiger partial charge in [-0.25, -0.2) is 4.79 Å². The van der Waals surface area contributed by atoms with Crippen LogP contribution in [-0.4, -0.2) is 28.5 Å². The van der Waals surface area contributed by atoms with E-state index in [2.05, 4.69) is 4.74 Å². The quantitative estimate of drug-likeness (QED) is 0.507. The first-order valence-corrected chi connectivity index (χ1v) is 7.81. The summed E-state index contributed by atoms with van der Waals surface area (Å²) < 4.78 is 5.84. The van der Waals surface area contributed by atoms with Crippen LogP contribution in [0.3, 0.4) is 0 Å². The molecule has 0 aliphatic carbocycles. The summed E-state index contributed by atoms with van der Waals surface area (Å²) in [7, 11) is 2.83. The van der Waals surface area contributed by atoms with Crippen molar-refractivity contribution in [3.8, 4) is 5.75 Å². The molecular formula is C20H19NO5. The van der Waals surface area contributed by atoms with Crippen molar-refractivity contribution in [2.24, 2.45) is 7.05 Å². The summed E-state index contributed by atoms with van der Waals surface area (Å²) >= 11 is 0. The van der Waals surface area contributed by atoms with Crippen molar-refractivity contribution in [2.75, 3.05) is 7.11 Å². The van der Waals surface area contributed by atoms with E-state index in [0.717, 1.165) is 5.56 Å². The molecule has 2 aromatic rings. The largest absolute Gasteiger partial charge is 0.507 e. The minimum atomic E-state index is -0.585. The molecule has 6 nitrogen and oxygen atoms in total. The Morgan fingerprint density at radius 3 is 2.35 bits per heavy atom. The van der Waals surface area contributed by atoms with E-state index < -0.39 is 17.3 Å². The van der Waals surface area contributed by atoms with E-state index in [-0.39, 0.29) is 11.3 Å². The molecule has 0 spiro atoms. The molecule has 26 heavy (non-hydrogen) atoms. The Hall–Kier alpha value is -3.41. The molecular weight excluding hydrogens is 334 g/mol. The molecule has 0 amide bonds. The van der Waals surface area contributed by atoms with Crippen LogP contribution in [0.25, 0.3) is 12.2 Å². The molecule has 2 rings (SSSR count). The van der Waals surface area contributed by atoms with Gasteiger partial charge in [0.25, 0.3) is 5.56 Å². The molecule has 6 heteroatoms. The second kappa shape index (κ2) is 8.11. The third kappa shape index (κ3) is 4.36. The van der Waals surface area contributed by atoms with Gasteiger partial charge >= 0.3 is 5.97 Å². The second-order valence-corrected chi connectivity index (χ2v) is 5.63. The highest BCUT2D eigenvalue weighted by Gasteiger charge is 2.16. The minimum absolute atomic E-state index is 0.268. The van der Waals surface area contributed by atoms with Crippen molar-refractivity contribution < 1.29 is 19.4 Å². The summed E-state index contributed by atoms with van der Waals surface area (Å²) in [5, 5.41) is 9.93. The minimum Gasteiger partial charge on any atom is -0.507 e. The lowest BCUT2D eigenvalue weighted by molar-refractivity contribution is -0.134. The lowest BCUT2D eigenvalue weighted by Gasteiger charge is -2.07. The summed E-state index contributed by atoms with van der Waals surface area (Å²) in [6, 6.07) is 8.47. The summed E-state index contributed by atoms with van der Waals surface area (Å²) in [5.74, 6) is -1.39. The lowest BCUT2D eigenvalue weighted by atomic mass is 10.1. The van der Waals surface area contributed by atoms with Crippen LogP contribution in [0.4, 0.5) is 0 Å². The summed E-state index contributed by atoms with van der Waals surface area (Å²) in [5.41, 5.74) is 1.19. The highest BCUT2D eigenvalue weighted by atomic mass is 16.5. The third-order valence-corrected chi connectivity index (χ3v) is 3.85. The average molecular weight is 353 g/mol. The molecule has 1 aromatic heterocycles. The number of ketones is 1. The SMILES string of the molecule is COC(=O)C=Cc1cccc(C=CC(=O)c2c(O)cc(C)n(C)c2=O)c1. The molecule has 0 aliphatic heterocycles. The van der Waals surface area contributed by atoms with Gasteiger partial charge in [-0.3, -0.25) is 9.59 Å². The number of aromatic nitrogens is 1. The Bertz CT molecular complexity index is 967. The topological polar surface area (TPSA) is 85.6 Å². The van der Waals surface area contributed by atoms with Crippen molar-refractivity contribution >= 4 is 23.9 Å². The molecule has 134 valence electrons. The van der Waals surface area contributed by atoms with Crippen molar-refractivity contribution in [3.05, 3.63) is 75.2 Å². The van der Waals surface area contributed by atoms with E-state index in [1.807, 2.05) is 0 Å². The molecule has 0 atom stereocenters. The first-order chi connectivity index (χ1) is 12.3. The number of hydrogen-bond acceptors (Lipinski definition) is 5. The number of methoxy groups -OCH3 is 1. The van der Waals surface area contributed by atoms with Crippen molar-refractivity contribution in [1.29, 1.82) is 0 Å². The van der Waals surface area contributed by atoms with Gasteiger partial charge in [-0.2, -0.15) is 0 Å². The van der Waals surface area contributed by atoms with Crippen LogP contribution in [-0.2, 0) is 16.6 Å². The van der Waals surface area contributed by atoms with E-state index in [0.29, 0.717) is 11.3 Å². The Balaban J connectivity index is 2.27. The van der Waals surface area contributed by atoms with Gasteiger partial charge < -0.3 is 14.4 Å². The van der Waals surface area contributed by atoms with Gasteiger partial charge in [-0.1, -0.05) is 24.3 Å². The van der Waals surface area contributed by atoms with Crippen LogP contribution in [0.15, 0.2) is 47.3 Å². The number of hydrogen-bond donors (Lipinski definition) is 1. The Labute approximate surface area is 150 Å². The predicted molar refractivity (Wildman–Crippen MR) is 98.9 cm³/mol. The van der Waals surface area contributed by atoms with Gasteiger partial charge in [-0.15, -0.1) is 0 Å². The lowest BCUT2D eigenvalue weighted by Crippen LogP contribution is -2.25. The third-order valence-electron chi connectivity index (χ3n) is 3.85. The van der Waals surface area contributed by atoms with Crippen LogP contribution in [0, 0.1) is 6.92 Å². The molecule has 0 saturated carbocycles. The highest BCUT2D eigenvalue weighted by molar-refractivity contribution is 6.08. The van der Waals surface area contributed by atoms with E-state index in [1.165, 1.54) is 43.0 Å². The number of allylic oxidation sites excluding steroid dienone is 1. The number of ether oxygens (including phenoxy) is 1. The molecule has 1 N–H and O–H groups in total. The van der Waals surface area contributed by atoms with Gasteiger partial charge in [0.15, 0.2) is 5.78 Å². The molecule has 0 fully saturated rings. The molecule has 0 saturated heterocycles. The Morgan fingerprint density at radius 1 is 1.12 bits per heavy atom. The number of aromatic hydroxyl groups is 1. The maximum Gasteiger partial charge on any atom is 0.330 e. The molecule has 0 unspecified atom stereocenters. The summed E-state index contributed by atoms with van der Waals surface area (Å²) in [6.45, 7) is 1.67. The first kappa shape index (κ1) is 18.9. The number of aryl methyl sites for hydroxylation is 1. The van der Waals surface area contributed by atoms with Gasteiger partial charge in [0, 0.05) is 24.9 Å². The molecule has 0 bridgehead atoms. The number of carbonyl (C=O) groups excluding carboxylic acids is 2. The van der Waals surface area contributed by atoms with E-state index in [1.54, 1.807) is 37.3 Å².